The first-order valence-corrected chi connectivity index (χ1v) is 8.35. The van der Waals surface area contributed by atoms with Crippen LogP contribution in [0.15, 0.2) is 65.7 Å². The van der Waals surface area contributed by atoms with Gasteiger partial charge in [0, 0.05) is 5.56 Å². The van der Waals surface area contributed by atoms with Gasteiger partial charge in [-0.3, -0.25) is 0 Å². The van der Waals surface area contributed by atoms with Gasteiger partial charge in [-0.2, -0.15) is 5.10 Å². The third-order valence-corrected chi connectivity index (χ3v) is 4.37. The normalized spacial score (nSPS) is 11.4. The molecule has 2 aromatic carbocycles. The Labute approximate surface area is 134 Å². The fourth-order valence-electron chi connectivity index (χ4n) is 2.27. The zero-order valence-electron chi connectivity index (χ0n) is 12.4. The largest absolute Gasteiger partial charge is 0.497 e. The van der Waals surface area contributed by atoms with Crippen LogP contribution in [0.5, 0.6) is 5.75 Å². The van der Waals surface area contributed by atoms with Crippen LogP contribution in [0.2, 0.25) is 0 Å². The third kappa shape index (κ3) is 3.10. The maximum absolute atomic E-state index is 11.3. The second-order valence-electron chi connectivity index (χ2n) is 4.90. The summed E-state index contributed by atoms with van der Waals surface area (Å²) in [7, 11) is -2.08. The molecule has 0 unspecified atom stereocenters. The van der Waals surface area contributed by atoms with Crippen LogP contribution in [0.4, 0.5) is 0 Å². The molecule has 7 heteroatoms. The van der Waals surface area contributed by atoms with Crippen LogP contribution in [0.1, 0.15) is 0 Å². The van der Waals surface area contributed by atoms with E-state index >= 15 is 0 Å². The van der Waals surface area contributed by atoms with Gasteiger partial charge in [-0.1, -0.05) is 0 Å². The monoisotopic (exact) mass is 329 g/mol. The van der Waals surface area contributed by atoms with Crippen LogP contribution < -0.4 is 9.88 Å². The molecule has 0 fully saturated rings. The number of nitrogens with zero attached hydrogens (tertiary/aromatic N) is 2. The highest BCUT2D eigenvalue weighted by atomic mass is 32.2. The molecule has 6 nitrogen and oxygen atoms in total. The van der Waals surface area contributed by atoms with Gasteiger partial charge in [0.05, 0.1) is 29.6 Å². The maximum atomic E-state index is 11.3. The zero-order valence-corrected chi connectivity index (χ0v) is 13.2. The smallest absolute Gasteiger partial charge is 0.238 e. The number of benzene rings is 2. The van der Waals surface area contributed by atoms with Crippen molar-refractivity contribution in [1.82, 2.24) is 9.78 Å². The molecule has 2 N–H and O–H groups in total. The summed E-state index contributed by atoms with van der Waals surface area (Å²) in [4.78, 5) is 0.0689. The first-order chi connectivity index (χ1) is 11.0. The summed E-state index contributed by atoms with van der Waals surface area (Å²) in [5.41, 5.74) is 2.60. The van der Waals surface area contributed by atoms with Crippen molar-refractivity contribution in [2.24, 2.45) is 5.14 Å². The van der Waals surface area contributed by atoms with Gasteiger partial charge in [0.2, 0.25) is 10.0 Å². The second kappa shape index (κ2) is 5.86. The molecule has 1 heterocycles. The fourth-order valence-corrected chi connectivity index (χ4v) is 2.78. The van der Waals surface area contributed by atoms with E-state index in [1.54, 1.807) is 30.1 Å². The average molecular weight is 329 g/mol. The summed E-state index contributed by atoms with van der Waals surface area (Å²) < 4.78 is 29.5. The number of methoxy groups -OCH3 is 1. The molecule has 0 aliphatic carbocycles. The lowest BCUT2D eigenvalue weighted by Crippen LogP contribution is -2.12. The summed E-state index contributed by atoms with van der Waals surface area (Å²) in [5, 5.41) is 9.41. The van der Waals surface area contributed by atoms with Crippen LogP contribution in [0.3, 0.4) is 0 Å². The van der Waals surface area contributed by atoms with E-state index in [2.05, 4.69) is 5.10 Å². The number of sulfonamides is 1. The maximum Gasteiger partial charge on any atom is 0.238 e. The van der Waals surface area contributed by atoms with Gasteiger partial charge in [0.25, 0.3) is 0 Å². The predicted molar refractivity (Wildman–Crippen MR) is 86.9 cm³/mol. The van der Waals surface area contributed by atoms with Crippen LogP contribution in [-0.4, -0.2) is 25.3 Å². The second-order valence-corrected chi connectivity index (χ2v) is 6.46. The Morgan fingerprint density at radius 2 is 1.65 bits per heavy atom. The molecule has 118 valence electrons. The van der Waals surface area contributed by atoms with E-state index in [0.29, 0.717) is 0 Å². The van der Waals surface area contributed by atoms with Gasteiger partial charge in [0.1, 0.15) is 5.75 Å². The van der Waals surface area contributed by atoms with Crippen LogP contribution in [0, 0.1) is 0 Å². The van der Waals surface area contributed by atoms with Crippen LogP contribution in [0.25, 0.3) is 16.9 Å². The van der Waals surface area contributed by atoms with Gasteiger partial charge >= 0.3 is 0 Å². The van der Waals surface area contributed by atoms with Crippen molar-refractivity contribution in [2.75, 3.05) is 7.11 Å². The number of nitrogens with two attached hydrogens (primary N) is 1. The number of hydrogen-bond acceptors (Lipinski definition) is 4. The SMILES string of the molecule is COc1ccc(-c2ccnn2-c2ccc(S(N)(=O)=O)cc2)cc1. The number of hydrogen-bond donors (Lipinski definition) is 1. The van der Waals surface area contributed by atoms with Gasteiger partial charge in [-0.25, -0.2) is 18.2 Å². The summed E-state index contributed by atoms with van der Waals surface area (Å²) in [6.45, 7) is 0. The van der Waals surface area contributed by atoms with Gasteiger partial charge in [-0.05, 0) is 54.6 Å². The lowest BCUT2D eigenvalue weighted by Gasteiger charge is -2.09. The minimum atomic E-state index is -3.70. The van der Waals surface area contributed by atoms with Gasteiger partial charge < -0.3 is 4.74 Å². The molecule has 0 spiro atoms. The molecule has 0 aliphatic rings. The molecule has 1 aromatic heterocycles. The Kier molecular flexibility index (Phi) is 3.89. The van der Waals surface area contributed by atoms with E-state index in [1.807, 2.05) is 30.3 Å². The molecule has 0 bridgehead atoms. The van der Waals surface area contributed by atoms with Crippen molar-refractivity contribution in [3.63, 3.8) is 0 Å². The van der Waals surface area contributed by atoms with E-state index < -0.39 is 10.0 Å². The highest BCUT2D eigenvalue weighted by Gasteiger charge is 2.10. The Morgan fingerprint density at radius 1 is 1.00 bits per heavy atom. The number of aromatic nitrogens is 2. The van der Waals surface area contributed by atoms with Crippen LogP contribution in [-0.2, 0) is 10.0 Å². The minimum Gasteiger partial charge on any atom is -0.497 e. The average Bonchev–Trinajstić information content (AvgIpc) is 3.04. The number of primary sulfonamides is 1. The Balaban J connectivity index is 2.00. The summed E-state index contributed by atoms with van der Waals surface area (Å²) in [6.07, 6.45) is 1.69. The van der Waals surface area contributed by atoms with Gasteiger partial charge in [-0.15, -0.1) is 0 Å². The van der Waals surface area contributed by atoms with Crippen molar-refractivity contribution in [2.45, 2.75) is 4.90 Å². The Bertz CT molecular complexity index is 914. The summed E-state index contributed by atoms with van der Waals surface area (Å²) >= 11 is 0. The molecular weight excluding hydrogens is 314 g/mol. The summed E-state index contributed by atoms with van der Waals surface area (Å²) in [5.74, 6) is 0.775. The molecule has 3 aromatic rings. The van der Waals surface area contributed by atoms with Crippen molar-refractivity contribution in [3.05, 3.63) is 60.8 Å². The predicted octanol–water partition coefficient (Wildman–Crippen LogP) is 2.20. The first kappa shape index (κ1) is 15.3. The fraction of sp³-hybridized carbons (Fsp3) is 0.0625. The molecule has 0 aliphatic heterocycles. The lowest BCUT2D eigenvalue weighted by atomic mass is 10.1. The van der Waals surface area contributed by atoms with Crippen molar-refractivity contribution >= 4 is 10.0 Å². The molecule has 0 radical (unpaired) electrons. The van der Waals surface area contributed by atoms with E-state index in [0.717, 1.165) is 22.7 Å². The molecule has 0 saturated carbocycles. The number of ether oxygens (including phenoxy) is 1. The van der Waals surface area contributed by atoms with Crippen molar-refractivity contribution in [1.29, 1.82) is 0 Å². The number of rotatable bonds is 4. The Morgan fingerprint density at radius 3 is 2.22 bits per heavy atom. The molecule has 0 saturated heterocycles. The topological polar surface area (TPSA) is 87.2 Å². The van der Waals surface area contributed by atoms with E-state index in [4.69, 9.17) is 9.88 Å². The lowest BCUT2D eigenvalue weighted by molar-refractivity contribution is 0.415. The molecule has 23 heavy (non-hydrogen) atoms. The quantitative estimate of drug-likeness (QED) is 0.795. The molecule has 3 rings (SSSR count). The van der Waals surface area contributed by atoms with Crippen molar-refractivity contribution < 1.29 is 13.2 Å². The van der Waals surface area contributed by atoms with E-state index in [1.165, 1.54) is 12.1 Å². The standard InChI is InChI=1S/C16H15N3O3S/c1-22-14-6-2-12(3-7-14)16-10-11-18-19(16)13-4-8-15(9-5-13)23(17,20)21/h2-11H,1H3,(H2,17,20,21). The van der Waals surface area contributed by atoms with Crippen molar-refractivity contribution in [3.8, 4) is 22.7 Å². The highest BCUT2D eigenvalue weighted by Crippen LogP contribution is 2.25. The zero-order chi connectivity index (χ0) is 16.4. The highest BCUT2D eigenvalue weighted by molar-refractivity contribution is 7.89. The molecule has 0 amide bonds. The van der Waals surface area contributed by atoms with Gasteiger partial charge in [0.15, 0.2) is 0 Å². The van der Waals surface area contributed by atoms with E-state index in [-0.39, 0.29) is 4.90 Å². The molecule has 0 atom stereocenters. The third-order valence-electron chi connectivity index (χ3n) is 3.44. The van der Waals surface area contributed by atoms with E-state index in [9.17, 15) is 8.42 Å². The Hall–Kier alpha value is -2.64. The van der Waals surface area contributed by atoms with Crippen LogP contribution >= 0.6 is 0 Å². The summed E-state index contributed by atoms with van der Waals surface area (Å²) in [6, 6.07) is 15.8. The molecular formula is C16H15N3O3S. The minimum absolute atomic E-state index is 0.0689. The first-order valence-electron chi connectivity index (χ1n) is 6.81.